The van der Waals surface area contributed by atoms with E-state index in [2.05, 4.69) is 31.9 Å². The molecule has 0 saturated carbocycles. The Labute approximate surface area is 120 Å². The van der Waals surface area contributed by atoms with Crippen LogP contribution in [0.2, 0.25) is 0 Å². The highest BCUT2D eigenvalue weighted by molar-refractivity contribution is 9.15. The molecule has 1 aromatic rings. The number of allylic oxidation sites excluding steroid dienone is 3. The Morgan fingerprint density at radius 2 is 1.72 bits per heavy atom. The molecule has 1 aliphatic carbocycles. The van der Waals surface area contributed by atoms with Crippen molar-refractivity contribution in [1.29, 1.82) is 10.5 Å². The molecule has 2 rings (SSSR count). The molecule has 3 nitrogen and oxygen atoms in total. The first-order valence-electron chi connectivity index (χ1n) is 4.84. The number of hydrogen-bond acceptors (Lipinski definition) is 3. The predicted octanol–water partition coefficient (Wildman–Crippen LogP) is 3.36. The number of rotatable bonds is 0. The molecule has 0 amide bonds. The zero-order valence-electron chi connectivity index (χ0n) is 8.87. The summed E-state index contributed by atoms with van der Waals surface area (Å²) in [4.78, 5) is 11.6. The maximum absolute atomic E-state index is 11.6. The van der Waals surface area contributed by atoms with Crippen LogP contribution in [0.4, 0.5) is 0 Å². The van der Waals surface area contributed by atoms with Gasteiger partial charge in [-0.15, -0.1) is 0 Å². The summed E-state index contributed by atoms with van der Waals surface area (Å²) in [5.74, 6) is 0. The van der Waals surface area contributed by atoms with Gasteiger partial charge < -0.3 is 0 Å². The summed E-state index contributed by atoms with van der Waals surface area (Å²) in [5, 5.41) is 17.8. The van der Waals surface area contributed by atoms with Crippen LogP contribution in [0.5, 0.6) is 0 Å². The summed E-state index contributed by atoms with van der Waals surface area (Å²) in [6.45, 7) is 0. The Hall–Kier alpha value is -1.69. The van der Waals surface area contributed by atoms with Crippen LogP contribution in [0.25, 0.3) is 10.1 Å². The minimum Gasteiger partial charge on any atom is -0.290 e. The molecule has 0 N–H and O–H groups in total. The maximum atomic E-state index is 11.6. The van der Waals surface area contributed by atoms with Gasteiger partial charge in [0, 0.05) is 14.5 Å². The number of fused-ring (bicyclic) bond motifs is 1. The fraction of sp³-hybridized carbons (Fsp3) is 0. The molecule has 0 unspecified atom stereocenters. The Balaban J connectivity index is 2.91. The van der Waals surface area contributed by atoms with Crippen molar-refractivity contribution in [1.82, 2.24) is 0 Å². The molecule has 0 aromatic heterocycles. The molecular weight excluding hydrogens is 360 g/mol. The lowest BCUT2D eigenvalue weighted by Crippen LogP contribution is -1.93. The highest BCUT2D eigenvalue weighted by Gasteiger charge is 2.20. The maximum Gasteiger partial charge on any atom is 0.180 e. The summed E-state index contributed by atoms with van der Waals surface area (Å²) >= 11 is 6.64. The largest absolute Gasteiger partial charge is 0.290 e. The van der Waals surface area contributed by atoms with E-state index in [1.54, 1.807) is 12.1 Å². The lowest BCUT2D eigenvalue weighted by atomic mass is 10.0. The fourth-order valence-corrected chi connectivity index (χ4v) is 2.72. The normalized spacial score (nSPS) is 12.2. The topological polar surface area (TPSA) is 64.7 Å². The molecule has 5 heteroatoms. The number of hydrogen-bond donors (Lipinski definition) is 0. The van der Waals surface area contributed by atoms with Crippen molar-refractivity contribution in [3.05, 3.63) is 55.7 Å². The second kappa shape index (κ2) is 4.89. The summed E-state index contributed by atoms with van der Waals surface area (Å²) in [6, 6.07) is 8.32. The summed E-state index contributed by atoms with van der Waals surface area (Å²) < 4.78 is 1.39. The van der Waals surface area contributed by atoms with Crippen molar-refractivity contribution in [3.63, 3.8) is 0 Å². The van der Waals surface area contributed by atoms with Crippen molar-refractivity contribution in [3.8, 4) is 12.1 Å². The molecule has 86 valence electrons. The molecule has 1 aliphatic rings. The third kappa shape index (κ3) is 2.15. The Morgan fingerprint density at radius 3 is 2.33 bits per heavy atom. The van der Waals surface area contributed by atoms with Gasteiger partial charge in [-0.1, -0.05) is 31.9 Å². The van der Waals surface area contributed by atoms with E-state index in [1.807, 2.05) is 12.1 Å². The average molecular weight is 364 g/mol. The van der Waals surface area contributed by atoms with E-state index in [0.29, 0.717) is 15.6 Å². The number of halogens is 2. The summed E-state index contributed by atoms with van der Waals surface area (Å²) in [5.41, 5.74) is 1.65. The first kappa shape index (κ1) is 12.8. The standard InChI is InChI=1S/C13H4Br2N2O/c14-8-1-9(18)3-11-10(7(5-16)6-17)4-13(15)12(11)2-8/h1-4H. The highest BCUT2D eigenvalue weighted by atomic mass is 79.9. The molecular formula is C13H4Br2N2O. The number of nitriles is 2. The monoisotopic (exact) mass is 362 g/mol. The first-order valence-corrected chi connectivity index (χ1v) is 6.42. The Morgan fingerprint density at radius 1 is 1.06 bits per heavy atom. The van der Waals surface area contributed by atoms with Crippen molar-refractivity contribution in [2.75, 3.05) is 0 Å². The van der Waals surface area contributed by atoms with E-state index in [9.17, 15) is 4.79 Å². The molecule has 1 aromatic carbocycles. The van der Waals surface area contributed by atoms with E-state index in [4.69, 9.17) is 10.5 Å². The van der Waals surface area contributed by atoms with Crippen molar-refractivity contribution >= 4 is 41.9 Å². The van der Waals surface area contributed by atoms with Gasteiger partial charge in [-0.3, -0.25) is 4.79 Å². The summed E-state index contributed by atoms with van der Waals surface area (Å²) in [6.07, 6.45) is 1.68. The molecule has 0 radical (unpaired) electrons. The smallest absolute Gasteiger partial charge is 0.180 e. The van der Waals surface area contributed by atoms with Crippen molar-refractivity contribution in [2.45, 2.75) is 0 Å². The molecule has 0 aliphatic heterocycles. The highest BCUT2D eigenvalue weighted by Crippen LogP contribution is 2.39. The van der Waals surface area contributed by atoms with E-state index in [1.165, 1.54) is 12.1 Å². The molecule has 0 saturated heterocycles. The van der Waals surface area contributed by atoms with Gasteiger partial charge in [0.25, 0.3) is 0 Å². The molecule has 0 atom stereocenters. The van der Waals surface area contributed by atoms with Crippen LogP contribution in [0, 0.1) is 22.7 Å². The second-order valence-electron chi connectivity index (χ2n) is 3.55. The Kier molecular flexibility index (Phi) is 3.47. The van der Waals surface area contributed by atoms with E-state index in [-0.39, 0.29) is 11.0 Å². The van der Waals surface area contributed by atoms with Crippen LogP contribution in [0.3, 0.4) is 0 Å². The van der Waals surface area contributed by atoms with Gasteiger partial charge in [0.2, 0.25) is 0 Å². The third-order valence-corrected chi connectivity index (χ3v) is 3.56. The van der Waals surface area contributed by atoms with Gasteiger partial charge in [0.05, 0.1) is 0 Å². The van der Waals surface area contributed by atoms with Gasteiger partial charge in [-0.05, 0) is 35.4 Å². The van der Waals surface area contributed by atoms with Crippen molar-refractivity contribution < 1.29 is 0 Å². The van der Waals surface area contributed by atoms with Crippen LogP contribution >= 0.6 is 31.9 Å². The zero-order valence-corrected chi connectivity index (χ0v) is 12.0. The molecule has 0 fully saturated rings. The van der Waals surface area contributed by atoms with Crippen LogP contribution in [0.15, 0.2) is 39.1 Å². The van der Waals surface area contributed by atoms with Gasteiger partial charge in [-0.2, -0.15) is 10.5 Å². The lowest BCUT2D eigenvalue weighted by molar-refractivity contribution is 1.46. The van der Waals surface area contributed by atoms with E-state index >= 15 is 0 Å². The van der Waals surface area contributed by atoms with Crippen LogP contribution in [0.1, 0.15) is 11.1 Å². The lowest BCUT2D eigenvalue weighted by Gasteiger charge is -1.96. The fourth-order valence-electron chi connectivity index (χ4n) is 1.71. The van der Waals surface area contributed by atoms with Crippen LogP contribution in [-0.4, -0.2) is 0 Å². The van der Waals surface area contributed by atoms with Gasteiger partial charge >= 0.3 is 0 Å². The van der Waals surface area contributed by atoms with Gasteiger partial charge in [-0.25, -0.2) is 0 Å². The predicted molar refractivity (Wildman–Crippen MR) is 75.5 cm³/mol. The molecule has 0 heterocycles. The van der Waals surface area contributed by atoms with E-state index < -0.39 is 0 Å². The Bertz CT molecular complexity index is 733. The minimum absolute atomic E-state index is 0.00702. The molecule has 0 spiro atoms. The second-order valence-corrected chi connectivity index (χ2v) is 5.32. The minimum atomic E-state index is -0.188. The average Bonchev–Trinajstić information content (AvgIpc) is 2.52. The van der Waals surface area contributed by atoms with Crippen molar-refractivity contribution in [2.24, 2.45) is 0 Å². The zero-order chi connectivity index (χ0) is 13.3. The first-order chi connectivity index (χ1) is 8.56. The molecule has 0 bridgehead atoms. The summed E-state index contributed by atoms with van der Waals surface area (Å²) in [7, 11) is 0. The third-order valence-electron chi connectivity index (χ3n) is 2.45. The van der Waals surface area contributed by atoms with Crippen LogP contribution in [-0.2, 0) is 0 Å². The SMILES string of the molecule is N#CC(C#N)=C1C=C(Br)c2cc(Br)cc(=O)cc21. The van der Waals surface area contributed by atoms with Gasteiger partial charge in [0.1, 0.15) is 17.7 Å². The number of nitrogens with zero attached hydrogens (tertiary/aromatic N) is 2. The van der Waals surface area contributed by atoms with Gasteiger partial charge in [0.15, 0.2) is 5.43 Å². The van der Waals surface area contributed by atoms with Crippen LogP contribution < -0.4 is 5.43 Å². The van der Waals surface area contributed by atoms with E-state index in [0.717, 1.165) is 10.0 Å². The quantitative estimate of drug-likeness (QED) is 0.664. The molecule has 18 heavy (non-hydrogen) atoms.